The van der Waals surface area contributed by atoms with E-state index < -0.39 is 4.92 Å². The molecule has 18 heavy (non-hydrogen) atoms. The Morgan fingerprint density at radius 1 is 1.56 bits per heavy atom. The summed E-state index contributed by atoms with van der Waals surface area (Å²) >= 11 is 0. The van der Waals surface area contributed by atoms with Gasteiger partial charge >= 0.3 is 0 Å². The minimum Gasteiger partial charge on any atom is -0.370 e. The van der Waals surface area contributed by atoms with Crippen molar-refractivity contribution in [2.24, 2.45) is 10.7 Å². The second-order valence-corrected chi connectivity index (χ2v) is 4.32. The monoisotopic (exact) mass is 250 g/mol. The van der Waals surface area contributed by atoms with Gasteiger partial charge in [0.1, 0.15) is 0 Å². The molecule has 0 saturated carbocycles. The first kappa shape index (κ1) is 14.0. The summed E-state index contributed by atoms with van der Waals surface area (Å²) in [5, 5.41) is 13.8. The number of nitrogens with two attached hydrogens (primary N) is 1. The van der Waals surface area contributed by atoms with E-state index in [9.17, 15) is 10.1 Å². The third kappa shape index (κ3) is 3.73. The van der Waals surface area contributed by atoms with Crippen molar-refractivity contribution in [3.8, 4) is 0 Å². The molecule has 0 radical (unpaired) electrons. The number of nitro benzene ring substituents is 1. The molecule has 0 spiro atoms. The van der Waals surface area contributed by atoms with Gasteiger partial charge in [-0.25, -0.2) is 4.99 Å². The summed E-state index contributed by atoms with van der Waals surface area (Å²) in [5.74, 6) is 0.343. The molecule has 0 heterocycles. The van der Waals surface area contributed by atoms with Crippen LogP contribution in [0.1, 0.15) is 25.0 Å². The quantitative estimate of drug-likeness (QED) is 0.368. The van der Waals surface area contributed by atoms with E-state index in [1.807, 2.05) is 19.9 Å². The molecule has 0 unspecified atom stereocenters. The van der Waals surface area contributed by atoms with E-state index in [0.717, 1.165) is 5.56 Å². The molecule has 6 nitrogen and oxygen atoms in total. The lowest BCUT2D eigenvalue weighted by molar-refractivity contribution is -0.385. The zero-order valence-electron chi connectivity index (χ0n) is 10.8. The van der Waals surface area contributed by atoms with Crippen molar-refractivity contribution in [3.05, 3.63) is 39.4 Å². The number of rotatable bonds is 4. The van der Waals surface area contributed by atoms with Crippen molar-refractivity contribution in [3.63, 3.8) is 0 Å². The highest BCUT2D eigenvalue weighted by molar-refractivity contribution is 5.78. The van der Waals surface area contributed by atoms with Crippen molar-refractivity contribution in [1.29, 1.82) is 0 Å². The van der Waals surface area contributed by atoms with Gasteiger partial charge in [-0.1, -0.05) is 12.1 Å². The summed E-state index contributed by atoms with van der Waals surface area (Å²) in [6.07, 6.45) is 0. The first-order valence-electron chi connectivity index (χ1n) is 5.71. The SMILES string of the molecule is Cc1c(CN=C(N)NC(C)C)cccc1[N+](=O)[O-]. The summed E-state index contributed by atoms with van der Waals surface area (Å²) in [5.41, 5.74) is 7.22. The predicted octanol–water partition coefficient (Wildman–Crippen LogP) is 1.72. The highest BCUT2D eigenvalue weighted by Crippen LogP contribution is 2.21. The molecule has 1 aromatic carbocycles. The summed E-state index contributed by atoms with van der Waals surface area (Å²) < 4.78 is 0. The highest BCUT2D eigenvalue weighted by Gasteiger charge is 2.12. The van der Waals surface area contributed by atoms with Gasteiger partial charge in [0, 0.05) is 17.7 Å². The van der Waals surface area contributed by atoms with Crippen molar-refractivity contribution in [2.75, 3.05) is 0 Å². The maximum Gasteiger partial charge on any atom is 0.272 e. The molecule has 0 aliphatic carbocycles. The van der Waals surface area contributed by atoms with Crippen LogP contribution >= 0.6 is 0 Å². The summed E-state index contributed by atoms with van der Waals surface area (Å²) in [4.78, 5) is 14.6. The average molecular weight is 250 g/mol. The van der Waals surface area contributed by atoms with Gasteiger partial charge in [0.05, 0.1) is 11.5 Å². The number of nitrogens with zero attached hydrogens (tertiary/aromatic N) is 2. The van der Waals surface area contributed by atoms with E-state index in [2.05, 4.69) is 10.3 Å². The highest BCUT2D eigenvalue weighted by atomic mass is 16.6. The Morgan fingerprint density at radius 2 is 2.22 bits per heavy atom. The Morgan fingerprint density at radius 3 is 2.78 bits per heavy atom. The van der Waals surface area contributed by atoms with Crippen LogP contribution < -0.4 is 11.1 Å². The van der Waals surface area contributed by atoms with Crippen molar-refractivity contribution in [2.45, 2.75) is 33.4 Å². The molecule has 3 N–H and O–H groups in total. The minimum atomic E-state index is -0.391. The first-order valence-corrected chi connectivity index (χ1v) is 5.71. The summed E-state index contributed by atoms with van der Waals surface area (Å²) in [6, 6.07) is 5.16. The lowest BCUT2D eigenvalue weighted by Gasteiger charge is -2.09. The van der Waals surface area contributed by atoms with Crippen LogP contribution in [0.3, 0.4) is 0 Å². The Bertz CT molecular complexity index is 469. The number of nitrogens with one attached hydrogen (secondary N) is 1. The van der Waals surface area contributed by atoms with Gasteiger partial charge in [0.2, 0.25) is 0 Å². The Hall–Kier alpha value is -2.11. The molecule has 6 heteroatoms. The fraction of sp³-hybridized carbons (Fsp3) is 0.417. The summed E-state index contributed by atoms with van der Waals surface area (Å²) in [6.45, 7) is 5.97. The zero-order valence-corrected chi connectivity index (χ0v) is 10.8. The van der Waals surface area contributed by atoms with Gasteiger partial charge in [-0.05, 0) is 26.3 Å². The molecule has 0 aliphatic rings. The van der Waals surface area contributed by atoms with E-state index in [1.165, 1.54) is 6.07 Å². The van der Waals surface area contributed by atoms with Crippen LogP contribution in [0.4, 0.5) is 5.69 Å². The van der Waals surface area contributed by atoms with Crippen molar-refractivity contribution >= 4 is 11.6 Å². The van der Waals surface area contributed by atoms with E-state index in [0.29, 0.717) is 18.1 Å². The molecule has 0 bridgehead atoms. The molecule has 0 aliphatic heterocycles. The molecule has 0 saturated heterocycles. The Kier molecular flexibility index (Phi) is 4.65. The van der Waals surface area contributed by atoms with Crippen molar-refractivity contribution < 1.29 is 4.92 Å². The number of benzene rings is 1. The molecule has 0 amide bonds. The van der Waals surface area contributed by atoms with E-state index >= 15 is 0 Å². The number of aliphatic imine (C=N–C) groups is 1. The van der Waals surface area contributed by atoms with Crippen LogP contribution in [0.2, 0.25) is 0 Å². The zero-order chi connectivity index (χ0) is 13.7. The lowest BCUT2D eigenvalue weighted by atomic mass is 10.1. The number of hydrogen-bond acceptors (Lipinski definition) is 3. The van der Waals surface area contributed by atoms with Crippen LogP contribution in [-0.2, 0) is 6.54 Å². The second kappa shape index (κ2) is 6.00. The third-order valence-electron chi connectivity index (χ3n) is 2.47. The molecule has 0 fully saturated rings. The lowest BCUT2D eigenvalue weighted by Crippen LogP contribution is -2.36. The van der Waals surface area contributed by atoms with Gasteiger partial charge in [-0.3, -0.25) is 10.1 Å². The van der Waals surface area contributed by atoms with Crippen LogP contribution in [0.5, 0.6) is 0 Å². The van der Waals surface area contributed by atoms with Crippen LogP contribution in [0.25, 0.3) is 0 Å². The van der Waals surface area contributed by atoms with Crippen LogP contribution in [0.15, 0.2) is 23.2 Å². The smallest absolute Gasteiger partial charge is 0.272 e. The van der Waals surface area contributed by atoms with Gasteiger partial charge < -0.3 is 11.1 Å². The molecular formula is C12H18N4O2. The van der Waals surface area contributed by atoms with E-state index in [-0.39, 0.29) is 11.7 Å². The van der Waals surface area contributed by atoms with Gasteiger partial charge in [0.15, 0.2) is 5.96 Å². The number of nitro groups is 1. The minimum absolute atomic E-state index is 0.109. The van der Waals surface area contributed by atoms with Crippen LogP contribution in [-0.4, -0.2) is 16.9 Å². The van der Waals surface area contributed by atoms with Gasteiger partial charge in [-0.15, -0.1) is 0 Å². The molecule has 1 rings (SSSR count). The fourth-order valence-corrected chi connectivity index (χ4v) is 1.55. The van der Waals surface area contributed by atoms with Gasteiger partial charge in [0.25, 0.3) is 5.69 Å². The predicted molar refractivity (Wildman–Crippen MR) is 71.4 cm³/mol. The number of guanidine groups is 1. The Balaban J connectivity index is 2.86. The maximum atomic E-state index is 10.8. The number of hydrogen-bond donors (Lipinski definition) is 2. The topological polar surface area (TPSA) is 93.5 Å². The largest absolute Gasteiger partial charge is 0.370 e. The van der Waals surface area contributed by atoms with Gasteiger partial charge in [-0.2, -0.15) is 0 Å². The standard InChI is InChI=1S/C12H18N4O2/c1-8(2)15-12(13)14-7-10-5-4-6-11(9(10)3)16(17)18/h4-6,8H,7H2,1-3H3,(H3,13,14,15). The first-order chi connectivity index (χ1) is 8.41. The molecule has 0 aromatic heterocycles. The normalized spacial score (nSPS) is 11.7. The molecule has 1 aromatic rings. The fourth-order valence-electron chi connectivity index (χ4n) is 1.55. The van der Waals surface area contributed by atoms with Crippen molar-refractivity contribution in [1.82, 2.24) is 5.32 Å². The molecule has 0 atom stereocenters. The summed E-state index contributed by atoms with van der Waals surface area (Å²) in [7, 11) is 0. The third-order valence-corrected chi connectivity index (χ3v) is 2.47. The van der Waals surface area contributed by atoms with E-state index in [1.54, 1.807) is 13.0 Å². The maximum absolute atomic E-state index is 10.8. The van der Waals surface area contributed by atoms with Crippen LogP contribution in [0, 0.1) is 17.0 Å². The Labute approximate surface area is 106 Å². The average Bonchev–Trinajstić information content (AvgIpc) is 2.26. The molecule has 98 valence electrons. The molecular weight excluding hydrogens is 232 g/mol. The van der Waals surface area contributed by atoms with E-state index in [4.69, 9.17) is 5.73 Å². The second-order valence-electron chi connectivity index (χ2n) is 4.32.